The minimum Gasteiger partial charge on any atom is -0.458 e. The van der Waals surface area contributed by atoms with Crippen LogP contribution in [-0.4, -0.2) is 12.0 Å². The van der Waals surface area contributed by atoms with Gasteiger partial charge in [-0.3, -0.25) is 4.79 Å². The average molecular weight is 247 g/mol. The molecule has 0 heterocycles. The van der Waals surface area contributed by atoms with Crippen molar-refractivity contribution in [3.8, 4) is 0 Å². The molecule has 1 saturated carbocycles. The van der Waals surface area contributed by atoms with E-state index in [-0.39, 0.29) is 24.0 Å². The maximum Gasteiger partial charge on any atom is 0.309 e. The first-order valence-electron chi connectivity index (χ1n) is 6.68. The Morgan fingerprint density at radius 3 is 2.72 bits per heavy atom. The number of nitrogens with two attached hydrogens (primary N) is 1. The highest BCUT2D eigenvalue weighted by atomic mass is 16.5. The fourth-order valence-electron chi connectivity index (χ4n) is 2.50. The Labute approximate surface area is 108 Å². The zero-order valence-electron chi connectivity index (χ0n) is 10.8. The first kappa shape index (κ1) is 13.1. The van der Waals surface area contributed by atoms with Crippen LogP contribution in [0.4, 0.5) is 0 Å². The van der Waals surface area contributed by atoms with Crippen LogP contribution in [0.5, 0.6) is 0 Å². The number of hydrogen-bond acceptors (Lipinski definition) is 3. The summed E-state index contributed by atoms with van der Waals surface area (Å²) in [5.74, 6) is -0.110. The molecule has 0 spiro atoms. The van der Waals surface area contributed by atoms with Gasteiger partial charge in [-0.05, 0) is 31.7 Å². The third-order valence-electron chi connectivity index (χ3n) is 3.61. The van der Waals surface area contributed by atoms with E-state index >= 15 is 0 Å². The molecule has 3 nitrogen and oxygen atoms in total. The minimum atomic E-state index is -0.183. The molecular formula is C15H21NO2. The molecule has 0 radical (unpaired) electrons. The summed E-state index contributed by atoms with van der Waals surface area (Å²) < 4.78 is 5.53. The van der Waals surface area contributed by atoms with Crippen LogP contribution in [0.25, 0.3) is 0 Å². The first-order chi connectivity index (χ1) is 8.66. The normalized spacial score (nSPS) is 25.4. The van der Waals surface area contributed by atoms with E-state index in [9.17, 15) is 4.79 Å². The van der Waals surface area contributed by atoms with Crippen LogP contribution in [-0.2, 0) is 9.53 Å². The third-order valence-corrected chi connectivity index (χ3v) is 3.61. The summed E-state index contributed by atoms with van der Waals surface area (Å²) in [6, 6.07) is 9.97. The molecule has 2 N–H and O–H groups in total. The van der Waals surface area contributed by atoms with Crippen molar-refractivity contribution >= 4 is 5.97 Å². The topological polar surface area (TPSA) is 52.3 Å². The zero-order chi connectivity index (χ0) is 13.0. The van der Waals surface area contributed by atoms with Crippen LogP contribution >= 0.6 is 0 Å². The molecule has 98 valence electrons. The lowest BCUT2D eigenvalue weighted by Gasteiger charge is -2.26. The Balaban J connectivity index is 1.91. The fourth-order valence-corrected chi connectivity index (χ4v) is 2.50. The van der Waals surface area contributed by atoms with Gasteiger partial charge in [0.25, 0.3) is 0 Å². The molecule has 3 atom stereocenters. The van der Waals surface area contributed by atoms with E-state index in [0.717, 1.165) is 31.2 Å². The van der Waals surface area contributed by atoms with Crippen LogP contribution in [0.3, 0.4) is 0 Å². The van der Waals surface area contributed by atoms with Crippen molar-refractivity contribution in [2.45, 2.75) is 44.8 Å². The second kappa shape index (κ2) is 6.01. The lowest BCUT2D eigenvalue weighted by atomic mass is 9.86. The maximum absolute atomic E-state index is 12.0. The summed E-state index contributed by atoms with van der Waals surface area (Å²) in [7, 11) is 0. The number of rotatable bonds is 3. The molecule has 0 bridgehead atoms. The van der Waals surface area contributed by atoms with E-state index in [2.05, 4.69) is 0 Å². The number of carbonyl (C=O) groups excluding carboxylic acids is 1. The monoisotopic (exact) mass is 247 g/mol. The van der Waals surface area contributed by atoms with Crippen molar-refractivity contribution < 1.29 is 9.53 Å². The lowest BCUT2D eigenvalue weighted by Crippen LogP contribution is -2.32. The predicted molar refractivity (Wildman–Crippen MR) is 70.9 cm³/mol. The minimum absolute atomic E-state index is 0.0140. The second-order valence-electron chi connectivity index (χ2n) is 5.11. The van der Waals surface area contributed by atoms with Crippen LogP contribution in [0.15, 0.2) is 30.3 Å². The summed E-state index contributed by atoms with van der Waals surface area (Å²) in [6.07, 6.45) is 3.55. The van der Waals surface area contributed by atoms with Crippen LogP contribution in [0.1, 0.15) is 44.3 Å². The fraction of sp³-hybridized carbons (Fsp3) is 0.533. The molecule has 1 fully saturated rings. The van der Waals surface area contributed by atoms with Crippen molar-refractivity contribution in [2.24, 2.45) is 11.7 Å². The Hall–Kier alpha value is -1.35. The summed E-state index contributed by atoms with van der Waals surface area (Å²) >= 11 is 0. The van der Waals surface area contributed by atoms with Gasteiger partial charge in [0.1, 0.15) is 6.10 Å². The van der Waals surface area contributed by atoms with Gasteiger partial charge >= 0.3 is 5.97 Å². The Morgan fingerprint density at radius 1 is 1.33 bits per heavy atom. The summed E-state index contributed by atoms with van der Waals surface area (Å²) in [6.45, 7) is 1.91. The molecule has 1 aromatic rings. The Morgan fingerprint density at radius 2 is 2.06 bits per heavy atom. The molecule has 0 amide bonds. The lowest BCUT2D eigenvalue weighted by molar-refractivity contribution is -0.155. The highest BCUT2D eigenvalue weighted by molar-refractivity contribution is 5.72. The third kappa shape index (κ3) is 3.33. The van der Waals surface area contributed by atoms with Gasteiger partial charge in [0.2, 0.25) is 0 Å². The van der Waals surface area contributed by atoms with E-state index in [1.807, 2.05) is 37.3 Å². The molecule has 3 unspecified atom stereocenters. The summed E-state index contributed by atoms with van der Waals surface area (Å²) in [5.41, 5.74) is 6.93. The quantitative estimate of drug-likeness (QED) is 0.836. The highest BCUT2D eigenvalue weighted by Crippen LogP contribution is 2.26. The van der Waals surface area contributed by atoms with Gasteiger partial charge in [-0.2, -0.15) is 0 Å². The Bertz CT molecular complexity index is 391. The van der Waals surface area contributed by atoms with Gasteiger partial charge in [-0.25, -0.2) is 0 Å². The number of hydrogen-bond donors (Lipinski definition) is 1. The number of carbonyl (C=O) groups is 1. The molecule has 0 saturated heterocycles. The van der Waals surface area contributed by atoms with E-state index < -0.39 is 0 Å². The number of ether oxygens (including phenoxy) is 1. The van der Waals surface area contributed by atoms with Crippen molar-refractivity contribution in [1.29, 1.82) is 0 Å². The van der Waals surface area contributed by atoms with Crippen LogP contribution in [0.2, 0.25) is 0 Å². The highest BCUT2D eigenvalue weighted by Gasteiger charge is 2.27. The van der Waals surface area contributed by atoms with Gasteiger partial charge < -0.3 is 10.5 Å². The summed E-state index contributed by atoms with van der Waals surface area (Å²) in [5, 5.41) is 0. The van der Waals surface area contributed by atoms with Gasteiger partial charge in [0.15, 0.2) is 0 Å². The van der Waals surface area contributed by atoms with Crippen molar-refractivity contribution in [3.05, 3.63) is 35.9 Å². The largest absolute Gasteiger partial charge is 0.458 e. The smallest absolute Gasteiger partial charge is 0.309 e. The van der Waals surface area contributed by atoms with Crippen molar-refractivity contribution in [1.82, 2.24) is 0 Å². The molecule has 3 heteroatoms. The number of esters is 1. The van der Waals surface area contributed by atoms with Crippen LogP contribution in [0, 0.1) is 5.92 Å². The predicted octanol–water partition coefficient (Wildman–Crippen LogP) is 2.81. The van der Waals surface area contributed by atoms with E-state index in [1.54, 1.807) is 0 Å². The van der Waals surface area contributed by atoms with E-state index in [0.29, 0.717) is 0 Å². The zero-order valence-corrected chi connectivity index (χ0v) is 10.8. The molecular weight excluding hydrogens is 226 g/mol. The molecule has 0 aromatic heterocycles. The van der Waals surface area contributed by atoms with Crippen molar-refractivity contribution in [2.75, 3.05) is 0 Å². The molecule has 2 rings (SSSR count). The van der Waals surface area contributed by atoms with Gasteiger partial charge in [0, 0.05) is 6.04 Å². The molecule has 1 aliphatic carbocycles. The first-order valence-corrected chi connectivity index (χ1v) is 6.68. The SMILES string of the molecule is CC(OC(=O)C1CCCC(N)C1)c1ccccc1. The summed E-state index contributed by atoms with van der Waals surface area (Å²) in [4.78, 5) is 12.0. The molecule has 18 heavy (non-hydrogen) atoms. The number of benzene rings is 1. The van der Waals surface area contributed by atoms with Gasteiger partial charge in [-0.15, -0.1) is 0 Å². The molecule has 0 aliphatic heterocycles. The molecule has 1 aliphatic rings. The van der Waals surface area contributed by atoms with Gasteiger partial charge in [-0.1, -0.05) is 36.8 Å². The molecule has 1 aromatic carbocycles. The van der Waals surface area contributed by atoms with E-state index in [4.69, 9.17) is 10.5 Å². The standard InChI is InChI=1S/C15H21NO2/c1-11(12-6-3-2-4-7-12)18-15(17)13-8-5-9-14(16)10-13/h2-4,6-7,11,13-14H,5,8-10,16H2,1H3. The Kier molecular flexibility index (Phi) is 4.37. The average Bonchev–Trinajstić information content (AvgIpc) is 2.39. The van der Waals surface area contributed by atoms with Crippen molar-refractivity contribution in [3.63, 3.8) is 0 Å². The second-order valence-corrected chi connectivity index (χ2v) is 5.11. The van der Waals surface area contributed by atoms with Gasteiger partial charge in [0.05, 0.1) is 5.92 Å². The van der Waals surface area contributed by atoms with Crippen LogP contribution < -0.4 is 5.73 Å². The maximum atomic E-state index is 12.0. The van der Waals surface area contributed by atoms with E-state index in [1.165, 1.54) is 0 Å².